The molecular weight excluding hydrogens is 610 g/mol. The molecule has 7 nitrogen and oxygen atoms in total. The van der Waals surface area contributed by atoms with Crippen molar-refractivity contribution < 1.29 is 23.2 Å². The number of aldehydes is 1. The van der Waals surface area contributed by atoms with E-state index in [9.17, 15) is 23.2 Å². The van der Waals surface area contributed by atoms with Gasteiger partial charge in [-0.05, 0) is 80.3 Å². The number of hydrogen-bond acceptors (Lipinski definition) is 5. The molecule has 9 heteroatoms. The molecule has 0 saturated heterocycles. The lowest BCUT2D eigenvalue weighted by molar-refractivity contribution is -0.108. The fourth-order valence-corrected chi connectivity index (χ4v) is 5.26. The van der Waals surface area contributed by atoms with E-state index >= 15 is 0 Å². The monoisotopic (exact) mass is 654 g/mol. The Kier molecular flexibility index (Phi) is 13.0. The fourth-order valence-electron chi connectivity index (χ4n) is 5.26. The highest BCUT2D eigenvalue weighted by Gasteiger charge is 2.19. The Labute approximate surface area is 281 Å². The van der Waals surface area contributed by atoms with Crippen molar-refractivity contribution in [1.29, 1.82) is 0 Å². The molecule has 5 aromatic rings. The number of carbonyl (C=O) groups excluding carboxylic acids is 3. The van der Waals surface area contributed by atoms with Gasteiger partial charge in [-0.15, -0.1) is 0 Å². The second kappa shape index (κ2) is 16.7. The molecule has 48 heavy (non-hydrogen) atoms. The van der Waals surface area contributed by atoms with Crippen LogP contribution in [-0.2, 0) is 17.8 Å². The summed E-state index contributed by atoms with van der Waals surface area (Å²) in [5, 5.41) is 4.08. The zero-order valence-corrected chi connectivity index (χ0v) is 28.6. The van der Waals surface area contributed by atoms with Gasteiger partial charge in [-0.3, -0.25) is 14.6 Å². The minimum absolute atomic E-state index is 0.0401. The van der Waals surface area contributed by atoms with Gasteiger partial charge in [-0.1, -0.05) is 64.1 Å². The first-order chi connectivity index (χ1) is 22.6. The number of fused-ring (bicyclic) bond motifs is 1. The number of hydrogen-bond donors (Lipinski definition) is 2. The predicted molar refractivity (Wildman–Crippen MR) is 188 cm³/mol. The van der Waals surface area contributed by atoms with Gasteiger partial charge in [-0.2, -0.15) is 0 Å². The van der Waals surface area contributed by atoms with Gasteiger partial charge in [0.1, 0.15) is 17.9 Å². The molecule has 0 bridgehead atoms. The van der Waals surface area contributed by atoms with Gasteiger partial charge in [-0.25, -0.2) is 8.78 Å². The van der Waals surface area contributed by atoms with Gasteiger partial charge in [0.15, 0.2) is 5.78 Å². The van der Waals surface area contributed by atoms with Crippen LogP contribution in [0.5, 0.6) is 0 Å². The highest BCUT2D eigenvalue weighted by molar-refractivity contribution is 6.08. The molecule has 2 heterocycles. The third kappa shape index (κ3) is 10.2. The summed E-state index contributed by atoms with van der Waals surface area (Å²) in [6.07, 6.45) is 2.86. The topological polar surface area (TPSA) is 107 Å². The molecular formula is C39H44F2N4O3. The number of Topliss-reactive ketones (excluding diaryl/α,β-unsaturated/α-hetero) is 1. The van der Waals surface area contributed by atoms with Crippen molar-refractivity contribution >= 4 is 28.9 Å². The molecule has 0 spiro atoms. The maximum absolute atomic E-state index is 13.5. The first kappa shape index (κ1) is 37.4. The van der Waals surface area contributed by atoms with Gasteiger partial charge < -0.3 is 20.4 Å². The Bertz CT molecular complexity index is 1870. The summed E-state index contributed by atoms with van der Waals surface area (Å²) in [7, 11) is 1.76. The quantitative estimate of drug-likeness (QED) is 0.124. The van der Waals surface area contributed by atoms with E-state index in [4.69, 9.17) is 5.73 Å². The predicted octanol–water partition coefficient (Wildman–Crippen LogP) is 8.03. The number of carbonyl (C=O) groups is 3. The van der Waals surface area contributed by atoms with E-state index in [1.54, 1.807) is 44.4 Å². The number of para-hydroxylation sites is 1. The van der Waals surface area contributed by atoms with Crippen LogP contribution >= 0.6 is 0 Å². The summed E-state index contributed by atoms with van der Waals surface area (Å²) >= 11 is 0. The zero-order valence-electron chi connectivity index (χ0n) is 28.6. The van der Waals surface area contributed by atoms with E-state index in [0.29, 0.717) is 35.2 Å². The van der Waals surface area contributed by atoms with Gasteiger partial charge in [0, 0.05) is 45.6 Å². The molecule has 2 aromatic heterocycles. The van der Waals surface area contributed by atoms with Gasteiger partial charge in [0.05, 0.1) is 18.3 Å². The van der Waals surface area contributed by atoms with Gasteiger partial charge >= 0.3 is 0 Å². The fraction of sp³-hybridized carbons (Fsp3) is 0.282. The molecule has 1 unspecified atom stereocenters. The van der Waals surface area contributed by atoms with Crippen molar-refractivity contribution in [1.82, 2.24) is 14.9 Å². The summed E-state index contributed by atoms with van der Waals surface area (Å²) in [6, 6.07) is 21.5. The maximum Gasteiger partial charge on any atom is 0.248 e. The van der Waals surface area contributed by atoms with Crippen LogP contribution in [0.1, 0.15) is 78.3 Å². The van der Waals surface area contributed by atoms with Crippen LogP contribution in [0.4, 0.5) is 8.78 Å². The average Bonchev–Trinajstić information content (AvgIpc) is 3.30. The Morgan fingerprint density at radius 3 is 2.19 bits per heavy atom. The largest absolute Gasteiger partial charge is 0.366 e. The van der Waals surface area contributed by atoms with Crippen LogP contribution in [0, 0.1) is 24.0 Å². The molecule has 252 valence electrons. The number of nitrogens with two attached hydrogens (primary N) is 1. The molecule has 0 aliphatic heterocycles. The first-order valence-corrected chi connectivity index (χ1v) is 15.6. The number of aromatic nitrogens is 2. The van der Waals surface area contributed by atoms with Crippen molar-refractivity contribution in [3.05, 3.63) is 125 Å². The van der Waals surface area contributed by atoms with Gasteiger partial charge in [0.25, 0.3) is 0 Å². The summed E-state index contributed by atoms with van der Waals surface area (Å²) in [5.41, 5.74) is 11.6. The lowest BCUT2D eigenvalue weighted by Gasteiger charge is -2.19. The number of primary amides is 1. The van der Waals surface area contributed by atoms with E-state index < -0.39 is 17.5 Å². The lowest BCUT2D eigenvalue weighted by Crippen LogP contribution is -2.21. The van der Waals surface area contributed by atoms with E-state index in [0.717, 1.165) is 45.6 Å². The molecule has 1 atom stereocenters. The van der Waals surface area contributed by atoms with Crippen LogP contribution in [-0.4, -0.2) is 34.6 Å². The van der Waals surface area contributed by atoms with E-state index in [2.05, 4.69) is 38.0 Å². The summed E-state index contributed by atoms with van der Waals surface area (Å²) in [6.45, 7) is 12.5. The number of benzene rings is 3. The van der Waals surface area contributed by atoms with Crippen LogP contribution in [0.2, 0.25) is 0 Å². The molecule has 0 aliphatic rings. The van der Waals surface area contributed by atoms with Crippen LogP contribution in [0.25, 0.3) is 22.0 Å². The van der Waals surface area contributed by atoms with Crippen molar-refractivity contribution in [2.75, 3.05) is 7.05 Å². The van der Waals surface area contributed by atoms with Crippen LogP contribution < -0.4 is 11.1 Å². The van der Waals surface area contributed by atoms with Crippen LogP contribution in [0.3, 0.4) is 0 Å². The number of amides is 1. The van der Waals surface area contributed by atoms with E-state index in [1.807, 2.05) is 47.9 Å². The number of rotatable bonds is 9. The third-order valence-corrected chi connectivity index (χ3v) is 7.18. The van der Waals surface area contributed by atoms with Crippen molar-refractivity contribution in [3.8, 4) is 11.1 Å². The van der Waals surface area contributed by atoms with Crippen LogP contribution in [0.15, 0.2) is 85.1 Å². The number of likely N-dealkylation sites (N-methyl/N-ethyl adjacent to an activating group) is 1. The second-order valence-electron chi connectivity index (χ2n) is 13.0. The summed E-state index contributed by atoms with van der Waals surface area (Å²) in [5.74, 6) is -1.70. The minimum Gasteiger partial charge on any atom is -0.366 e. The van der Waals surface area contributed by atoms with Crippen molar-refractivity contribution in [3.63, 3.8) is 0 Å². The number of halogens is 2. The van der Waals surface area contributed by atoms with E-state index in [-0.39, 0.29) is 11.8 Å². The third-order valence-electron chi connectivity index (χ3n) is 7.18. The Morgan fingerprint density at radius 1 is 0.958 bits per heavy atom. The van der Waals surface area contributed by atoms with Crippen molar-refractivity contribution in [2.45, 2.75) is 60.5 Å². The summed E-state index contributed by atoms with van der Waals surface area (Å²) < 4.78 is 28.9. The summed E-state index contributed by atoms with van der Waals surface area (Å²) in [4.78, 5) is 38.2. The standard InChI is InChI=1S/C21H19F2N3O.C13H13NO2.C5H12/c1-25-19(10-13-8-16(22)12-17(23)9-13)20-18(6-3-7-26-20)14-4-2-5-15(11-14)21(24)27;1-9-13(10(2)16)11-5-3-4-6-12(11)14(9)7-8-15;1-5(2,3)4/h2-9,11-12,19,25H,10H2,1H3,(H2,24,27);3-6,8H,7H2,1-2H3;1-4H3. The molecule has 0 saturated carbocycles. The molecule has 0 aliphatic carbocycles. The lowest BCUT2D eigenvalue weighted by atomic mass is 9.94. The number of nitrogens with zero attached hydrogens (tertiary/aromatic N) is 2. The minimum atomic E-state index is -0.616. The Hall–Kier alpha value is -5.02. The highest BCUT2D eigenvalue weighted by atomic mass is 19.1. The van der Waals surface area contributed by atoms with Crippen molar-refractivity contribution in [2.24, 2.45) is 11.1 Å². The number of ketones is 1. The molecule has 1 amide bonds. The van der Waals surface area contributed by atoms with E-state index in [1.165, 1.54) is 12.1 Å². The zero-order chi connectivity index (χ0) is 35.6. The van der Waals surface area contributed by atoms with Gasteiger partial charge in [0.2, 0.25) is 5.91 Å². The highest BCUT2D eigenvalue weighted by Crippen LogP contribution is 2.29. The molecule has 0 fully saturated rings. The molecule has 3 aromatic carbocycles. The molecule has 0 radical (unpaired) electrons. The first-order valence-electron chi connectivity index (χ1n) is 15.6. The average molecular weight is 655 g/mol. The number of pyridine rings is 1. The molecule has 5 rings (SSSR count). The smallest absolute Gasteiger partial charge is 0.248 e. The maximum atomic E-state index is 13.5. The Morgan fingerprint density at radius 2 is 1.60 bits per heavy atom. The normalized spacial score (nSPS) is 11.5. The SMILES string of the molecule is CC(=O)c1c(C)n(CC=O)c2ccccc12.CC(C)(C)C.CNC(Cc1cc(F)cc(F)c1)c1ncccc1-c1cccc(C(N)=O)c1. The molecule has 3 N–H and O–H groups in total. The number of nitrogens with one attached hydrogen (secondary N) is 1. The second-order valence-corrected chi connectivity index (χ2v) is 13.0. The Balaban J connectivity index is 0.000000251.